The van der Waals surface area contributed by atoms with Gasteiger partial charge in [-0.3, -0.25) is 4.79 Å². The zero-order chi connectivity index (χ0) is 13.0. The van der Waals surface area contributed by atoms with Crippen LogP contribution >= 0.6 is 0 Å². The van der Waals surface area contributed by atoms with Gasteiger partial charge in [-0.15, -0.1) is 0 Å². The lowest BCUT2D eigenvalue weighted by Gasteiger charge is -2.01. The molecule has 0 aliphatic heterocycles. The van der Waals surface area contributed by atoms with Gasteiger partial charge >= 0.3 is 0 Å². The Morgan fingerprint density at radius 2 is 1.72 bits per heavy atom. The van der Waals surface area contributed by atoms with Crippen LogP contribution in [0, 0.1) is 25.7 Å². The molecule has 18 heavy (non-hydrogen) atoms. The van der Waals surface area contributed by atoms with Crippen LogP contribution in [-0.2, 0) is 0 Å². The molecule has 0 aromatic heterocycles. The standard InChI is InChI=1S/C17H14O/c1-13-8-10-16(14(2)12-13)17(18)11-9-15-6-4-3-5-7-15/h3-8,10,12H,1-2H3. The van der Waals surface area contributed by atoms with Crippen LogP contribution in [0.1, 0.15) is 27.0 Å². The van der Waals surface area contributed by atoms with E-state index in [0.717, 1.165) is 16.7 Å². The summed E-state index contributed by atoms with van der Waals surface area (Å²) in [5.41, 5.74) is 3.67. The Hall–Kier alpha value is -2.33. The summed E-state index contributed by atoms with van der Waals surface area (Å²) in [7, 11) is 0. The number of Topliss-reactive ketones (excluding diaryl/α,β-unsaturated/α-hetero) is 1. The highest BCUT2D eigenvalue weighted by molar-refractivity contribution is 6.10. The summed E-state index contributed by atoms with van der Waals surface area (Å²) in [5.74, 6) is 5.44. The summed E-state index contributed by atoms with van der Waals surface area (Å²) in [6, 6.07) is 15.3. The molecule has 2 aromatic rings. The number of ketones is 1. The van der Waals surface area contributed by atoms with Gasteiger partial charge in [0.1, 0.15) is 0 Å². The van der Waals surface area contributed by atoms with Gasteiger partial charge in [-0.25, -0.2) is 0 Å². The quantitative estimate of drug-likeness (QED) is 0.545. The molecule has 0 saturated heterocycles. The minimum Gasteiger partial charge on any atom is -0.279 e. The Balaban J connectivity index is 2.26. The molecule has 0 aliphatic carbocycles. The predicted octanol–water partition coefficient (Wildman–Crippen LogP) is 3.54. The van der Waals surface area contributed by atoms with Crippen molar-refractivity contribution >= 4 is 5.78 Å². The topological polar surface area (TPSA) is 17.1 Å². The molecule has 2 rings (SSSR count). The van der Waals surface area contributed by atoms with Crippen molar-refractivity contribution in [1.29, 1.82) is 0 Å². The maximum Gasteiger partial charge on any atom is 0.236 e. The van der Waals surface area contributed by atoms with E-state index in [0.29, 0.717) is 5.56 Å². The van der Waals surface area contributed by atoms with Crippen LogP contribution in [0.5, 0.6) is 0 Å². The van der Waals surface area contributed by atoms with Gasteiger partial charge in [-0.05, 0) is 43.5 Å². The average Bonchev–Trinajstić information content (AvgIpc) is 2.37. The van der Waals surface area contributed by atoms with Gasteiger partial charge in [-0.1, -0.05) is 41.8 Å². The van der Waals surface area contributed by atoms with Gasteiger partial charge in [0.25, 0.3) is 0 Å². The molecule has 1 heteroatoms. The Labute approximate surface area is 107 Å². The van der Waals surface area contributed by atoms with E-state index in [4.69, 9.17) is 0 Å². The fraction of sp³-hybridized carbons (Fsp3) is 0.118. The van der Waals surface area contributed by atoms with E-state index in [-0.39, 0.29) is 5.78 Å². The summed E-state index contributed by atoms with van der Waals surface area (Å²) >= 11 is 0. The van der Waals surface area contributed by atoms with Gasteiger partial charge in [-0.2, -0.15) is 0 Å². The number of hydrogen-bond acceptors (Lipinski definition) is 1. The molecule has 0 radical (unpaired) electrons. The first-order valence-electron chi connectivity index (χ1n) is 5.85. The lowest BCUT2D eigenvalue weighted by molar-refractivity contribution is 0.105. The second-order valence-electron chi connectivity index (χ2n) is 4.26. The first-order valence-corrected chi connectivity index (χ1v) is 5.85. The van der Waals surface area contributed by atoms with Crippen LogP contribution < -0.4 is 0 Å². The van der Waals surface area contributed by atoms with E-state index < -0.39 is 0 Å². The zero-order valence-corrected chi connectivity index (χ0v) is 10.5. The second kappa shape index (κ2) is 5.33. The van der Waals surface area contributed by atoms with Crippen LogP contribution in [0.15, 0.2) is 48.5 Å². The molecule has 0 unspecified atom stereocenters. The largest absolute Gasteiger partial charge is 0.279 e. The van der Waals surface area contributed by atoms with Crippen molar-refractivity contribution in [2.45, 2.75) is 13.8 Å². The third-order valence-electron chi connectivity index (χ3n) is 2.72. The molecule has 0 fully saturated rings. The molecule has 88 valence electrons. The zero-order valence-electron chi connectivity index (χ0n) is 10.5. The molecular weight excluding hydrogens is 220 g/mol. The third-order valence-corrected chi connectivity index (χ3v) is 2.72. The van der Waals surface area contributed by atoms with E-state index in [1.54, 1.807) is 0 Å². The molecule has 2 aromatic carbocycles. The Bertz CT molecular complexity index is 628. The molecule has 0 heterocycles. The number of hydrogen-bond donors (Lipinski definition) is 0. The minimum absolute atomic E-state index is 0.128. The highest BCUT2D eigenvalue weighted by Gasteiger charge is 2.05. The minimum atomic E-state index is -0.128. The molecule has 0 atom stereocenters. The van der Waals surface area contributed by atoms with E-state index >= 15 is 0 Å². The first-order chi connectivity index (χ1) is 8.66. The van der Waals surface area contributed by atoms with Crippen LogP contribution in [0.3, 0.4) is 0 Å². The third kappa shape index (κ3) is 2.87. The van der Waals surface area contributed by atoms with Crippen LogP contribution in [0.2, 0.25) is 0 Å². The number of benzene rings is 2. The average molecular weight is 234 g/mol. The lowest BCUT2D eigenvalue weighted by atomic mass is 10.0. The first kappa shape index (κ1) is 12.1. The maximum absolute atomic E-state index is 12.0. The number of carbonyl (C=O) groups excluding carboxylic acids is 1. The van der Waals surface area contributed by atoms with Crippen molar-refractivity contribution in [3.63, 3.8) is 0 Å². The van der Waals surface area contributed by atoms with Crippen molar-refractivity contribution in [1.82, 2.24) is 0 Å². The van der Waals surface area contributed by atoms with Gasteiger partial charge in [0.2, 0.25) is 5.78 Å². The van der Waals surface area contributed by atoms with Crippen LogP contribution in [0.4, 0.5) is 0 Å². The van der Waals surface area contributed by atoms with Gasteiger partial charge < -0.3 is 0 Å². The summed E-state index contributed by atoms with van der Waals surface area (Å²) in [5, 5.41) is 0. The van der Waals surface area contributed by atoms with E-state index in [1.165, 1.54) is 0 Å². The Morgan fingerprint density at radius 3 is 2.39 bits per heavy atom. The second-order valence-corrected chi connectivity index (χ2v) is 4.26. The van der Waals surface area contributed by atoms with E-state index in [2.05, 4.69) is 11.8 Å². The van der Waals surface area contributed by atoms with Crippen molar-refractivity contribution in [3.05, 3.63) is 70.8 Å². The predicted molar refractivity (Wildman–Crippen MR) is 73.6 cm³/mol. The summed E-state index contributed by atoms with van der Waals surface area (Å²) < 4.78 is 0. The molecular formula is C17H14O. The summed E-state index contributed by atoms with van der Waals surface area (Å²) in [6.45, 7) is 3.95. The monoisotopic (exact) mass is 234 g/mol. The molecule has 0 amide bonds. The number of carbonyl (C=O) groups is 1. The number of aryl methyl sites for hydroxylation is 2. The van der Waals surface area contributed by atoms with Crippen molar-refractivity contribution < 1.29 is 4.79 Å². The van der Waals surface area contributed by atoms with Crippen molar-refractivity contribution in [2.75, 3.05) is 0 Å². The van der Waals surface area contributed by atoms with Gasteiger partial charge in [0, 0.05) is 11.1 Å². The molecule has 0 bridgehead atoms. The lowest BCUT2D eigenvalue weighted by Crippen LogP contribution is -1.98. The smallest absolute Gasteiger partial charge is 0.236 e. The normalized spacial score (nSPS) is 9.44. The maximum atomic E-state index is 12.0. The van der Waals surface area contributed by atoms with Crippen molar-refractivity contribution in [3.8, 4) is 11.8 Å². The highest BCUT2D eigenvalue weighted by atomic mass is 16.1. The van der Waals surface area contributed by atoms with Crippen LogP contribution in [0.25, 0.3) is 0 Å². The molecule has 0 spiro atoms. The van der Waals surface area contributed by atoms with Gasteiger partial charge in [0.15, 0.2) is 0 Å². The SMILES string of the molecule is Cc1ccc(C(=O)C#Cc2ccccc2)c(C)c1. The summed E-state index contributed by atoms with van der Waals surface area (Å²) in [6.07, 6.45) is 0. The summed E-state index contributed by atoms with van der Waals surface area (Å²) in [4.78, 5) is 12.0. The molecule has 0 aliphatic rings. The van der Waals surface area contributed by atoms with Crippen molar-refractivity contribution in [2.24, 2.45) is 0 Å². The van der Waals surface area contributed by atoms with Crippen LogP contribution in [-0.4, -0.2) is 5.78 Å². The molecule has 0 N–H and O–H groups in total. The molecule has 0 saturated carbocycles. The Kier molecular flexibility index (Phi) is 3.60. The van der Waals surface area contributed by atoms with E-state index in [1.807, 2.05) is 62.4 Å². The number of rotatable bonds is 1. The highest BCUT2D eigenvalue weighted by Crippen LogP contribution is 2.10. The van der Waals surface area contributed by atoms with Gasteiger partial charge in [0.05, 0.1) is 0 Å². The fourth-order valence-corrected chi connectivity index (χ4v) is 1.79. The Morgan fingerprint density at radius 1 is 1.00 bits per heavy atom. The fourth-order valence-electron chi connectivity index (χ4n) is 1.79. The molecule has 1 nitrogen and oxygen atoms in total. The van der Waals surface area contributed by atoms with E-state index in [9.17, 15) is 4.79 Å².